The first-order valence-corrected chi connectivity index (χ1v) is 3.79. The lowest BCUT2D eigenvalue weighted by Crippen LogP contribution is -2.54. The quantitative estimate of drug-likeness (QED) is 0.390. The van der Waals surface area contributed by atoms with Crippen LogP contribution in [0.1, 0.15) is 27.2 Å². The molecule has 1 radical (unpaired) electrons. The number of hydroxylamine groups is 2. The molecule has 0 aromatic carbocycles. The smallest absolute Gasteiger partial charge is 0.202 e. The predicted octanol–water partition coefficient (Wildman–Crippen LogP) is 2.68. The summed E-state index contributed by atoms with van der Waals surface area (Å²) in [4.78, 5) is 0. The minimum Gasteiger partial charge on any atom is -0.202 e. The number of halogens is 4. The van der Waals surface area contributed by atoms with E-state index < -0.39 is 23.1 Å². The first kappa shape index (κ1) is 12.6. The fraction of sp³-hybridized carbons (Fsp3) is 1.00. The summed E-state index contributed by atoms with van der Waals surface area (Å²) in [6.07, 6.45) is -3.89. The minimum atomic E-state index is -4.61. The SMILES string of the molecule is CCC(C)(C)N([O])C(F)(F)C(F)F. The summed E-state index contributed by atoms with van der Waals surface area (Å²) >= 11 is 0. The predicted molar refractivity (Wildman–Crippen MR) is 37.8 cm³/mol. The fourth-order valence-electron chi connectivity index (χ4n) is 0.636. The fourth-order valence-corrected chi connectivity index (χ4v) is 0.636. The van der Waals surface area contributed by atoms with Gasteiger partial charge in [-0.1, -0.05) is 12.0 Å². The lowest BCUT2D eigenvalue weighted by molar-refractivity contribution is -0.391. The molecule has 0 aliphatic heterocycles. The van der Waals surface area contributed by atoms with E-state index in [1.165, 1.54) is 20.8 Å². The Kier molecular flexibility index (Phi) is 3.69. The molecule has 79 valence electrons. The van der Waals surface area contributed by atoms with Crippen molar-refractivity contribution in [2.75, 3.05) is 0 Å². The number of rotatable bonds is 4. The van der Waals surface area contributed by atoms with E-state index in [0.717, 1.165) is 0 Å². The maximum absolute atomic E-state index is 12.5. The van der Waals surface area contributed by atoms with Crippen LogP contribution in [0, 0.1) is 0 Å². The summed E-state index contributed by atoms with van der Waals surface area (Å²) in [5.41, 5.74) is -1.49. The second-order valence-electron chi connectivity index (χ2n) is 3.35. The van der Waals surface area contributed by atoms with E-state index in [-0.39, 0.29) is 6.42 Å². The van der Waals surface area contributed by atoms with Crippen molar-refractivity contribution in [3.05, 3.63) is 0 Å². The lowest BCUT2D eigenvalue weighted by Gasteiger charge is -2.34. The molecule has 0 fully saturated rings. The molecule has 0 rings (SSSR count). The van der Waals surface area contributed by atoms with Crippen LogP contribution < -0.4 is 0 Å². The summed E-state index contributed by atoms with van der Waals surface area (Å²) in [5, 5.41) is 10.0. The largest absolute Gasteiger partial charge is 0.388 e. The van der Waals surface area contributed by atoms with E-state index >= 15 is 0 Å². The Morgan fingerprint density at radius 3 is 1.92 bits per heavy atom. The van der Waals surface area contributed by atoms with Gasteiger partial charge in [-0.3, -0.25) is 0 Å². The van der Waals surface area contributed by atoms with Gasteiger partial charge in [-0.25, -0.2) is 8.78 Å². The lowest BCUT2D eigenvalue weighted by atomic mass is 10.0. The average molecular weight is 202 g/mol. The summed E-state index contributed by atoms with van der Waals surface area (Å²) in [7, 11) is 0. The summed E-state index contributed by atoms with van der Waals surface area (Å²) in [6, 6.07) is -4.61. The van der Waals surface area contributed by atoms with Crippen molar-refractivity contribution in [2.24, 2.45) is 0 Å². The van der Waals surface area contributed by atoms with E-state index in [2.05, 4.69) is 0 Å². The Balaban J connectivity index is 4.67. The molecule has 0 saturated carbocycles. The van der Waals surface area contributed by atoms with Crippen LogP contribution in [0.4, 0.5) is 17.6 Å². The van der Waals surface area contributed by atoms with Gasteiger partial charge in [0, 0.05) is 5.54 Å². The zero-order valence-corrected chi connectivity index (χ0v) is 7.65. The minimum absolute atomic E-state index is 0.0683. The van der Waals surface area contributed by atoms with Crippen molar-refractivity contribution >= 4 is 0 Å². The molecule has 0 aromatic rings. The van der Waals surface area contributed by atoms with Crippen molar-refractivity contribution in [3.63, 3.8) is 0 Å². The van der Waals surface area contributed by atoms with Crippen molar-refractivity contribution in [2.45, 2.75) is 45.2 Å². The van der Waals surface area contributed by atoms with Crippen molar-refractivity contribution in [1.29, 1.82) is 0 Å². The summed E-state index contributed by atoms with van der Waals surface area (Å²) in [6.45, 7) is 3.86. The standard InChI is InChI=1S/C7H12F4NO/c1-4-6(2,3)12(13)7(10,11)5(8)9/h5H,4H2,1-3H3. The molecule has 0 unspecified atom stereocenters. The molecule has 0 spiro atoms. The molecule has 0 aromatic heterocycles. The first-order valence-electron chi connectivity index (χ1n) is 3.79. The van der Waals surface area contributed by atoms with Crippen LogP contribution in [-0.4, -0.2) is 23.1 Å². The Labute approximate surface area is 74.1 Å². The number of hydrogen-bond acceptors (Lipinski definition) is 1. The molecule has 0 saturated heterocycles. The normalized spacial score (nSPS) is 14.3. The van der Waals surface area contributed by atoms with Crippen molar-refractivity contribution in [3.8, 4) is 0 Å². The van der Waals surface area contributed by atoms with Gasteiger partial charge < -0.3 is 0 Å². The van der Waals surface area contributed by atoms with E-state index in [0.29, 0.717) is 0 Å². The third-order valence-electron chi connectivity index (χ3n) is 1.95. The van der Waals surface area contributed by atoms with E-state index in [4.69, 9.17) is 0 Å². The van der Waals surface area contributed by atoms with Gasteiger partial charge in [0.15, 0.2) is 0 Å². The van der Waals surface area contributed by atoms with Gasteiger partial charge in [-0.2, -0.15) is 8.78 Å². The van der Waals surface area contributed by atoms with Crippen molar-refractivity contribution < 1.29 is 22.8 Å². The molecule has 0 bridgehead atoms. The van der Waals surface area contributed by atoms with Gasteiger partial charge >= 0.3 is 12.5 Å². The molecule has 0 aliphatic rings. The highest BCUT2D eigenvalue weighted by Gasteiger charge is 2.53. The van der Waals surface area contributed by atoms with E-state index in [1.54, 1.807) is 0 Å². The van der Waals surface area contributed by atoms with Gasteiger partial charge in [-0.15, -0.1) is 5.21 Å². The van der Waals surface area contributed by atoms with E-state index in [9.17, 15) is 22.8 Å². The zero-order chi connectivity index (χ0) is 10.9. The second kappa shape index (κ2) is 3.79. The van der Waals surface area contributed by atoms with Crippen LogP contribution in [0.5, 0.6) is 0 Å². The Morgan fingerprint density at radius 1 is 1.31 bits per heavy atom. The molecule has 13 heavy (non-hydrogen) atoms. The number of nitrogens with zero attached hydrogens (tertiary/aromatic N) is 1. The molecular formula is C7H12F4NO. The average Bonchev–Trinajstić information content (AvgIpc) is 2.02. The van der Waals surface area contributed by atoms with Gasteiger partial charge in [0.1, 0.15) is 0 Å². The molecule has 0 heterocycles. The van der Waals surface area contributed by atoms with Gasteiger partial charge in [0.05, 0.1) is 0 Å². The van der Waals surface area contributed by atoms with Crippen molar-refractivity contribution in [1.82, 2.24) is 5.06 Å². The molecule has 6 heteroatoms. The highest BCUT2D eigenvalue weighted by Crippen LogP contribution is 2.33. The van der Waals surface area contributed by atoms with Gasteiger partial charge in [0.2, 0.25) is 0 Å². The molecule has 0 N–H and O–H groups in total. The van der Waals surface area contributed by atoms with Gasteiger partial charge in [0.25, 0.3) is 0 Å². The highest BCUT2D eigenvalue weighted by molar-refractivity contribution is 4.80. The molecule has 2 nitrogen and oxygen atoms in total. The third kappa shape index (κ3) is 2.54. The maximum Gasteiger partial charge on any atom is 0.388 e. The van der Waals surface area contributed by atoms with Crippen LogP contribution in [0.3, 0.4) is 0 Å². The maximum atomic E-state index is 12.5. The molecule has 0 amide bonds. The number of hydrogen-bond donors (Lipinski definition) is 0. The zero-order valence-electron chi connectivity index (χ0n) is 7.65. The monoisotopic (exact) mass is 202 g/mol. The van der Waals surface area contributed by atoms with Crippen LogP contribution in [0.2, 0.25) is 0 Å². The summed E-state index contributed by atoms with van der Waals surface area (Å²) < 4.78 is 48.4. The molecular weight excluding hydrogens is 190 g/mol. The Hall–Kier alpha value is -0.360. The van der Waals surface area contributed by atoms with Crippen LogP contribution in [0.15, 0.2) is 0 Å². The molecule has 0 aliphatic carbocycles. The Morgan fingerprint density at radius 2 is 1.69 bits per heavy atom. The number of alkyl halides is 4. The second-order valence-corrected chi connectivity index (χ2v) is 3.35. The van der Waals surface area contributed by atoms with E-state index in [1.807, 2.05) is 0 Å². The van der Waals surface area contributed by atoms with Crippen LogP contribution in [-0.2, 0) is 5.21 Å². The topological polar surface area (TPSA) is 23.1 Å². The Bertz CT molecular complexity index is 172. The van der Waals surface area contributed by atoms with Gasteiger partial charge in [-0.05, 0) is 20.3 Å². The summed E-state index contributed by atoms with van der Waals surface area (Å²) in [5.74, 6) is 0. The third-order valence-corrected chi connectivity index (χ3v) is 1.95. The first-order chi connectivity index (χ1) is 5.66. The molecule has 0 atom stereocenters. The van der Waals surface area contributed by atoms with Crippen LogP contribution >= 0.6 is 0 Å². The highest BCUT2D eigenvalue weighted by atomic mass is 19.3. The van der Waals surface area contributed by atoms with Crippen LogP contribution in [0.25, 0.3) is 0 Å².